The largest absolute Gasteiger partial charge is 0.385 e. The van der Waals surface area contributed by atoms with Gasteiger partial charge in [-0.25, -0.2) is 0 Å². The molecule has 0 aromatic rings. The summed E-state index contributed by atoms with van der Waals surface area (Å²) in [6.45, 7) is 1.86. The Morgan fingerprint density at radius 3 is 3.06 bits per heavy atom. The number of nitrogens with zero attached hydrogens (tertiary/aromatic N) is 1. The average Bonchev–Trinajstić information content (AvgIpc) is 2.43. The van der Waals surface area contributed by atoms with E-state index in [1.165, 1.54) is 12.8 Å². The molecular weight excluding hydrogens is 232 g/mol. The van der Waals surface area contributed by atoms with E-state index in [4.69, 9.17) is 15.2 Å². The van der Waals surface area contributed by atoms with Crippen LogP contribution in [-0.2, 0) is 14.3 Å². The fraction of sp³-hybridized carbons (Fsp3) is 0.923. The molecular formula is C13H24N2O3. The van der Waals surface area contributed by atoms with Crippen molar-refractivity contribution in [3.8, 4) is 0 Å². The minimum Gasteiger partial charge on any atom is -0.385 e. The molecule has 1 amide bonds. The molecule has 2 N–H and O–H groups in total. The van der Waals surface area contributed by atoms with Gasteiger partial charge in [-0.2, -0.15) is 0 Å². The van der Waals surface area contributed by atoms with Crippen LogP contribution in [0.5, 0.6) is 0 Å². The quantitative estimate of drug-likeness (QED) is 0.796. The average molecular weight is 256 g/mol. The molecule has 104 valence electrons. The molecule has 2 rings (SSSR count). The van der Waals surface area contributed by atoms with Crippen molar-refractivity contribution in [2.75, 3.05) is 26.9 Å². The third-order valence-electron chi connectivity index (χ3n) is 3.97. The van der Waals surface area contributed by atoms with Gasteiger partial charge in [0.2, 0.25) is 5.91 Å². The van der Waals surface area contributed by atoms with E-state index < -0.39 is 6.04 Å². The highest BCUT2D eigenvalue weighted by atomic mass is 16.5. The standard InChI is InChI=1S/C13H24N2O3/c1-17-8-6-10(14)13(16)15-7-9-18-12-5-3-2-4-11(12)15/h10-12H,2-9,14H2,1H3. The van der Waals surface area contributed by atoms with Gasteiger partial charge >= 0.3 is 0 Å². The molecule has 2 aliphatic rings. The second kappa shape index (κ2) is 6.50. The van der Waals surface area contributed by atoms with Gasteiger partial charge in [0.05, 0.1) is 24.8 Å². The first-order chi connectivity index (χ1) is 8.74. The Hall–Kier alpha value is -0.650. The maximum atomic E-state index is 12.3. The number of rotatable bonds is 4. The van der Waals surface area contributed by atoms with Crippen LogP contribution in [0.4, 0.5) is 0 Å². The third kappa shape index (κ3) is 3.02. The van der Waals surface area contributed by atoms with Gasteiger partial charge in [0.15, 0.2) is 0 Å². The summed E-state index contributed by atoms with van der Waals surface area (Å²) in [5, 5.41) is 0. The zero-order valence-electron chi connectivity index (χ0n) is 11.1. The first-order valence-electron chi connectivity index (χ1n) is 6.90. The number of fused-ring (bicyclic) bond motifs is 1. The Kier molecular flexibility index (Phi) is 4.97. The smallest absolute Gasteiger partial charge is 0.239 e. The van der Waals surface area contributed by atoms with Crippen molar-refractivity contribution in [2.45, 2.75) is 50.3 Å². The van der Waals surface area contributed by atoms with Gasteiger partial charge in [-0.05, 0) is 19.3 Å². The summed E-state index contributed by atoms with van der Waals surface area (Å²) in [5.41, 5.74) is 5.94. The Balaban J connectivity index is 1.95. The monoisotopic (exact) mass is 256 g/mol. The number of ether oxygens (including phenoxy) is 2. The predicted octanol–water partition coefficient (Wildman–Crippen LogP) is 0.520. The highest BCUT2D eigenvalue weighted by molar-refractivity contribution is 5.82. The molecule has 3 unspecified atom stereocenters. The highest BCUT2D eigenvalue weighted by Crippen LogP contribution is 2.28. The molecule has 0 spiro atoms. The van der Waals surface area contributed by atoms with Crippen molar-refractivity contribution in [2.24, 2.45) is 5.73 Å². The number of morpholine rings is 1. The van der Waals surface area contributed by atoms with Crippen LogP contribution in [0.3, 0.4) is 0 Å². The SMILES string of the molecule is COCCC(N)C(=O)N1CCOC2CCCCC21. The minimum absolute atomic E-state index is 0.0623. The van der Waals surface area contributed by atoms with Crippen LogP contribution in [0, 0.1) is 0 Å². The lowest BCUT2D eigenvalue weighted by Gasteiger charge is -2.44. The maximum absolute atomic E-state index is 12.3. The molecule has 0 aromatic heterocycles. The molecule has 5 nitrogen and oxygen atoms in total. The van der Waals surface area contributed by atoms with E-state index in [0.29, 0.717) is 26.2 Å². The fourth-order valence-corrected chi connectivity index (χ4v) is 2.95. The number of nitrogens with two attached hydrogens (primary N) is 1. The first kappa shape index (κ1) is 13.8. The van der Waals surface area contributed by atoms with E-state index in [1.807, 2.05) is 4.90 Å². The van der Waals surface area contributed by atoms with Crippen molar-refractivity contribution >= 4 is 5.91 Å². The number of hydrogen-bond acceptors (Lipinski definition) is 4. The van der Waals surface area contributed by atoms with E-state index in [9.17, 15) is 4.79 Å². The molecule has 0 aromatic carbocycles. The summed E-state index contributed by atoms with van der Waals surface area (Å²) < 4.78 is 10.7. The Bertz CT molecular complexity index is 283. The summed E-state index contributed by atoms with van der Waals surface area (Å²) >= 11 is 0. The second-order valence-electron chi connectivity index (χ2n) is 5.18. The van der Waals surface area contributed by atoms with Crippen molar-refractivity contribution in [3.05, 3.63) is 0 Å². The summed E-state index contributed by atoms with van der Waals surface area (Å²) in [4.78, 5) is 14.3. The lowest BCUT2D eigenvalue weighted by molar-refractivity contribution is -0.151. The van der Waals surface area contributed by atoms with Crippen LogP contribution < -0.4 is 5.73 Å². The number of amides is 1. The third-order valence-corrected chi connectivity index (χ3v) is 3.97. The molecule has 1 aliphatic heterocycles. The number of carbonyl (C=O) groups excluding carboxylic acids is 1. The molecule has 2 fully saturated rings. The molecule has 3 atom stereocenters. The van der Waals surface area contributed by atoms with Crippen LogP contribution in [0.25, 0.3) is 0 Å². The molecule has 18 heavy (non-hydrogen) atoms. The Labute approximate surface area is 109 Å². The number of methoxy groups -OCH3 is 1. The van der Waals surface area contributed by atoms with Crippen LogP contribution in [-0.4, -0.2) is 55.9 Å². The maximum Gasteiger partial charge on any atom is 0.239 e. The second-order valence-corrected chi connectivity index (χ2v) is 5.18. The van der Waals surface area contributed by atoms with Crippen LogP contribution >= 0.6 is 0 Å². The summed E-state index contributed by atoms with van der Waals surface area (Å²) in [5.74, 6) is 0.0623. The van der Waals surface area contributed by atoms with Gasteiger partial charge in [-0.15, -0.1) is 0 Å². The van der Waals surface area contributed by atoms with Crippen LogP contribution in [0.15, 0.2) is 0 Å². The first-order valence-corrected chi connectivity index (χ1v) is 6.90. The number of carbonyl (C=O) groups is 1. The van der Waals surface area contributed by atoms with Gasteiger partial charge in [0.25, 0.3) is 0 Å². The van der Waals surface area contributed by atoms with Gasteiger partial charge in [-0.1, -0.05) is 12.8 Å². The van der Waals surface area contributed by atoms with E-state index >= 15 is 0 Å². The van der Waals surface area contributed by atoms with E-state index in [-0.39, 0.29) is 18.1 Å². The van der Waals surface area contributed by atoms with E-state index in [0.717, 1.165) is 12.8 Å². The van der Waals surface area contributed by atoms with Crippen LogP contribution in [0.2, 0.25) is 0 Å². The van der Waals surface area contributed by atoms with Crippen LogP contribution in [0.1, 0.15) is 32.1 Å². The van der Waals surface area contributed by atoms with Gasteiger partial charge in [0, 0.05) is 20.3 Å². The molecule has 0 radical (unpaired) electrons. The minimum atomic E-state index is -0.439. The molecule has 5 heteroatoms. The molecule has 1 aliphatic carbocycles. The Morgan fingerprint density at radius 1 is 1.50 bits per heavy atom. The van der Waals surface area contributed by atoms with Gasteiger partial charge in [0.1, 0.15) is 0 Å². The fourth-order valence-electron chi connectivity index (χ4n) is 2.95. The summed E-state index contributed by atoms with van der Waals surface area (Å²) in [6, 6.07) is -0.195. The van der Waals surface area contributed by atoms with Crippen molar-refractivity contribution in [1.82, 2.24) is 4.90 Å². The summed E-state index contributed by atoms with van der Waals surface area (Å²) in [7, 11) is 1.63. The Morgan fingerprint density at radius 2 is 2.28 bits per heavy atom. The predicted molar refractivity (Wildman–Crippen MR) is 68.2 cm³/mol. The summed E-state index contributed by atoms with van der Waals surface area (Å²) in [6.07, 6.45) is 5.32. The van der Waals surface area contributed by atoms with Gasteiger partial charge in [-0.3, -0.25) is 4.79 Å². The zero-order chi connectivity index (χ0) is 13.0. The number of hydrogen-bond donors (Lipinski definition) is 1. The lowest BCUT2D eigenvalue weighted by atomic mass is 9.89. The molecule has 1 saturated heterocycles. The zero-order valence-corrected chi connectivity index (χ0v) is 11.1. The highest BCUT2D eigenvalue weighted by Gasteiger charge is 2.37. The van der Waals surface area contributed by atoms with Crippen molar-refractivity contribution < 1.29 is 14.3 Å². The van der Waals surface area contributed by atoms with Gasteiger partial charge < -0.3 is 20.1 Å². The van der Waals surface area contributed by atoms with E-state index in [1.54, 1.807) is 7.11 Å². The molecule has 0 bridgehead atoms. The molecule has 1 saturated carbocycles. The van der Waals surface area contributed by atoms with Crippen molar-refractivity contribution in [1.29, 1.82) is 0 Å². The normalized spacial score (nSPS) is 29.8. The van der Waals surface area contributed by atoms with Crippen molar-refractivity contribution in [3.63, 3.8) is 0 Å². The molecule has 1 heterocycles. The lowest BCUT2D eigenvalue weighted by Crippen LogP contribution is -2.58. The topological polar surface area (TPSA) is 64.8 Å². The van der Waals surface area contributed by atoms with E-state index in [2.05, 4.69) is 0 Å².